The number of aromatic nitrogens is 1. The zero-order chi connectivity index (χ0) is 12.0. The van der Waals surface area contributed by atoms with Gasteiger partial charge in [0, 0.05) is 36.9 Å². The summed E-state index contributed by atoms with van der Waals surface area (Å²) in [5, 5.41) is 9.19. The predicted molar refractivity (Wildman–Crippen MR) is 63.4 cm³/mol. The highest BCUT2D eigenvalue weighted by Gasteiger charge is 1.95. The molecule has 0 aliphatic rings. The maximum atomic E-state index is 10.8. The molecule has 0 unspecified atom stereocenters. The van der Waals surface area contributed by atoms with Crippen molar-refractivity contribution in [2.75, 3.05) is 5.75 Å². The van der Waals surface area contributed by atoms with E-state index in [0.717, 1.165) is 0 Å². The first-order valence-electron chi connectivity index (χ1n) is 4.63. The lowest BCUT2D eigenvalue weighted by atomic mass is 10.2. The van der Waals surface area contributed by atoms with E-state index in [1.54, 1.807) is 0 Å². The highest BCUT2D eigenvalue weighted by atomic mass is 32.2. The van der Waals surface area contributed by atoms with Gasteiger partial charge >= 0.3 is 0 Å². The first-order valence-corrected chi connectivity index (χ1v) is 5.62. The molecular formula is C11H11NO3S. The molecule has 0 amide bonds. The van der Waals surface area contributed by atoms with Crippen LogP contribution in [0.25, 0.3) is 0 Å². The average Bonchev–Trinajstić information content (AvgIpc) is 2.22. The van der Waals surface area contributed by atoms with Crippen LogP contribution in [-0.2, 0) is 4.79 Å². The zero-order valence-corrected chi connectivity index (χ0v) is 9.56. The molecule has 0 aliphatic carbocycles. The molecule has 2 N–H and O–H groups in total. The monoisotopic (exact) mass is 237 g/mol. The van der Waals surface area contributed by atoms with E-state index >= 15 is 0 Å². The van der Waals surface area contributed by atoms with E-state index in [-0.39, 0.29) is 10.9 Å². The van der Waals surface area contributed by atoms with Crippen LogP contribution < -0.4 is 5.56 Å². The Balaban J connectivity index is 2.53. The third-order valence-electron chi connectivity index (χ3n) is 1.65. The van der Waals surface area contributed by atoms with Crippen LogP contribution in [0.1, 0.15) is 18.9 Å². The van der Waals surface area contributed by atoms with Crippen LogP contribution in [0.5, 0.6) is 5.75 Å². The predicted octanol–water partition coefficient (Wildman–Crippen LogP) is 1.10. The number of pyridine rings is 1. The second kappa shape index (κ2) is 6.03. The molecule has 0 spiro atoms. The van der Waals surface area contributed by atoms with E-state index in [2.05, 4.69) is 16.8 Å². The number of aromatic amines is 1. The Kier molecular flexibility index (Phi) is 4.67. The molecule has 1 aromatic rings. The van der Waals surface area contributed by atoms with Crippen LogP contribution in [0.3, 0.4) is 0 Å². The molecule has 4 nitrogen and oxygen atoms in total. The summed E-state index contributed by atoms with van der Waals surface area (Å²) in [4.78, 5) is 23.8. The number of carbonyl (C=O) groups is 1. The van der Waals surface area contributed by atoms with E-state index in [9.17, 15) is 9.59 Å². The highest BCUT2D eigenvalue weighted by Crippen LogP contribution is 2.04. The number of H-pyrrole nitrogens is 1. The molecule has 5 heteroatoms. The standard InChI is InChI=1S/C11H11NO3S/c1-8(13)16-5-3-2-4-9-6-10(14)11(15)12-7-9/h6-7,14H,3,5H2,1H3,(H,12,15). The molecule has 1 heterocycles. The Morgan fingerprint density at radius 1 is 1.62 bits per heavy atom. The summed E-state index contributed by atoms with van der Waals surface area (Å²) in [6.07, 6.45) is 2.03. The summed E-state index contributed by atoms with van der Waals surface area (Å²) in [5.74, 6) is 5.94. The second-order valence-electron chi connectivity index (χ2n) is 2.99. The van der Waals surface area contributed by atoms with Gasteiger partial charge in [0.05, 0.1) is 0 Å². The van der Waals surface area contributed by atoms with Crippen molar-refractivity contribution in [3.8, 4) is 17.6 Å². The van der Waals surface area contributed by atoms with Crippen LogP contribution in [0.2, 0.25) is 0 Å². The van der Waals surface area contributed by atoms with Gasteiger partial charge in [0.15, 0.2) is 10.9 Å². The SMILES string of the molecule is CC(=O)SCCC#Cc1c[nH]c(=O)c(O)c1. The van der Waals surface area contributed by atoms with E-state index in [1.165, 1.54) is 30.9 Å². The normalized spacial score (nSPS) is 9.31. The molecule has 16 heavy (non-hydrogen) atoms. The quantitative estimate of drug-likeness (QED) is 0.597. The molecule has 0 bridgehead atoms. The van der Waals surface area contributed by atoms with Crippen molar-refractivity contribution in [3.05, 3.63) is 28.2 Å². The van der Waals surface area contributed by atoms with Gasteiger partial charge in [0.25, 0.3) is 5.56 Å². The Bertz CT molecular complexity index is 496. The topological polar surface area (TPSA) is 70.2 Å². The number of thioether (sulfide) groups is 1. The minimum Gasteiger partial charge on any atom is -0.503 e. The van der Waals surface area contributed by atoms with Gasteiger partial charge in [-0.25, -0.2) is 0 Å². The fraction of sp³-hybridized carbons (Fsp3) is 0.273. The number of aromatic hydroxyl groups is 1. The van der Waals surface area contributed by atoms with Crippen molar-refractivity contribution < 1.29 is 9.90 Å². The summed E-state index contributed by atoms with van der Waals surface area (Å²) in [6.45, 7) is 1.51. The van der Waals surface area contributed by atoms with Crippen LogP contribution in [-0.4, -0.2) is 21.0 Å². The largest absolute Gasteiger partial charge is 0.503 e. The van der Waals surface area contributed by atoms with Gasteiger partial charge < -0.3 is 10.1 Å². The van der Waals surface area contributed by atoms with Gasteiger partial charge in [-0.2, -0.15) is 0 Å². The lowest BCUT2D eigenvalue weighted by Crippen LogP contribution is -2.03. The first kappa shape index (κ1) is 12.4. The highest BCUT2D eigenvalue weighted by molar-refractivity contribution is 8.13. The fourth-order valence-corrected chi connectivity index (χ4v) is 1.45. The van der Waals surface area contributed by atoms with Crippen LogP contribution >= 0.6 is 11.8 Å². The number of hydrogen-bond acceptors (Lipinski definition) is 4. The van der Waals surface area contributed by atoms with Crippen molar-refractivity contribution in [1.29, 1.82) is 0 Å². The Hall–Kier alpha value is -1.67. The molecule has 0 saturated heterocycles. The van der Waals surface area contributed by atoms with E-state index in [0.29, 0.717) is 17.7 Å². The van der Waals surface area contributed by atoms with Crippen LogP contribution in [0, 0.1) is 11.8 Å². The number of rotatable bonds is 2. The van der Waals surface area contributed by atoms with Gasteiger partial charge in [-0.15, -0.1) is 0 Å². The molecular weight excluding hydrogens is 226 g/mol. The van der Waals surface area contributed by atoms with Crippen LogP contribution in [0.15, 0.2) is 17.1 Å². The van der Waals surface area contributed by atoms with E-state index in [4.69, 9.17) is 5.11 Å². The summed E-state index contributed by atoms with van der Waals surface area (Å²) >= 11 is 1.22. The van der Waals surface area contributed by atoms with Crippen molar-refractivity contribution in [3.63, 3.8) is 0 Å². The number of carbonyl (C=O) groups excluding carboxylic acids is 1. The lowest BCUT2D eigenvalue weighted by Gasteiger charge is -1.92. The molecule has 0 aromatic carbocycles. The van der Waals surface area contributed by atoms with Crippen molar-refractivity contribution in [1.82, 2.24) is 4.98 Å². The minimum absolute atomic E-state index is 0.0727. The Labute approximate surface area is 97.1 Å². The molecule has 0 aliphatic heterocycles. The smallest absolute Gasteiger partial charge is 0.290 e. The van der Waals surface area contributed by atoms with Gasteiger partial charge in [0.2, 0.25) is 0 Å². The van der Waals surface area contributed by atoms with Crippen molar-refractivity contribution in [2.45, 2.75) is 13.3 Å². The molecule has 0 saturated carbocycles. The molecule has 84 valence electrons. The van der Waals surface area contributed by atoms with E-state index in [1.807, 2.05) is 0 Å². The van der Waals surface area contributed by atoms with Gasteiger partial charge in [-0.05, 0) is 0 Å². The maximum absolute atomic E-state index is 10.8. The van der Waals surface area contributed by atoms with Crippen molar-refractivity contribution >= 4 is 16.9 Å². The average molecular weight is 237 g/mol. The third kappa shape index (κ3) is 4.24. The fourth-order valence-electron chi connectivity index (χ4n) is 0.954. The Morgan fingerprint density at radius 3 is 3.00 bits per heavy atom. The van der Waals surface area contributed by atoms with Crippen LogP contribution in [0.4, 0.5) is 0 Å². The zero-order valence-electron chi connectivity index (χ0n) is 8.74. The second-order valence-corrected chi connectivity index (χ2v) is 4.27. The molecule has 1 aromatic heterocycles. The van der Waals surface area contributed by atoms with Gasteiger partial charge in [-0.3, -0.25) is 9.59 Å². The molecule has 0 fully saturated rings. The summed E-state index contributed by atoms with van der Waals surface area (Å²) < 4.78 is 0. The van der Waals surface area contributed by atoms with Gasteiger partial charge in [-0.1, -0.05) is 23.6 Å². The Morgan fingerprint density at radius 2 is 2.38 bits per heavy atom. The first-order chi connectivity index (χ1) is 7.59. The maximum Gasteiger partial charge on any atom is 0.290 e. The summed E-state index contributed by atoms with van der Waals surface area (Å²) in [5.41, 5.74) is 0.0163. The molecule has 1 rings (SSSR count). The molecule has 0 atom stereocenters. The summed E-state index contributed by atoms with van der Waals surface area (Å²) in [7, 11) is 0. The lowest BCUT2D eigenvalue weighted by molar-refractivity contribution is -0.109. The van der Waals surface area contributed by atoms with Crippen molar-refractivity contribution in [2.24, 2.45) is 0 Å². The number of nitrogens with one attached hydrogen (secondary N) is 1. The van der Waals surface area contributed by atoms with E-state index < -0.39 is 5.56 Å². The third-order valence-corrected chi connectivity index (χ3v) is 2.46. The summed E-state index contributed by atoms with van der Waals surface area (Å²) in [6, 6.07) is 1.31. The number of hydrogen-bond donors (Lipinski definition) is 2. The minimum atomic E-state index is -0.530. The molecule has 0 radical (unpaired) electrons. The van der Waals surface area contributed by atoms with Gasteiger partial charge in [0.1, 0.15) is 0 Å².